The molecule has 0 radical (unpaired) electrons. The van der Waals surface area contributed by atoms with E-state index in [-0.39, 0.29) is 35.0 Å². The molecule has 0 spiro atoms. The molecule has 0 aliphatic carbocycles. The quantitative estimate of drug-likeness (QED) is 0.490. The number of rotatable bonds is 2. The van der Waals surface area contributed by atoms with Crippen molar-refractivity contribution in [1.29, 1.82) is 0 Å². The summed E-state index contributed by atoms with van der Waals surface area (Å²) in [5.74, 6) is 0. The van der Waals surface area contributed by atoms with Crippen molar-refractivity contribution in [1.82, 2.24) is 0 Å². The van der Waals surface area contributed by atoms with E-state index in [1.807, 2.05) is 12.1 Å². The third-order valence-corrected chi connectivity index (χ3v) is 2.79. The average molecular weight is 202 g/mol. The van der Waals surface area contributed by atoms with Crippen LogP contribution in [-0.2, 0) is 18.0 Å². The molecule has 1 aromatic rings. The Kier molecular flexibility index (Phi) is 5.53. The van der Waals surface area contributed by atoms with Gasteiger partial charge in [-0.1, -0.05) is 45.0 Å². The van der Waals surface area contributed by atoms with E-state index >= 15 is 0 Å². The molecule has 0 aliphatic rings. The molecule has 0 fully saturated rings. The topological polar surface area (TPSA) is 0 Å². The van der Waals surface area contributed by atoms with Crippen molar-refractivity contribution in [2.75, 3.05) is 0 Å². The molecule has 0 N–H and O–H groups in total. The third kappa shape index (κ3) is 3.59. The van der Waals surface area contributed by atoms with Crippen molar-refractivity contribution in [3.8, 4) is 0 Å². The maximum Gasteiger partial charge on any atom is 1.00 e. The fourth-order valence-corrected chi connectivity index (χ4v) is 1.25. The zero-order valence-electron chi connectivity index (χ0n) is 8.92. The van der Waals surface area contributed by atoms with Crippen LogP contribution in [0, 0.1) is 0 Å². The molecule has 0 atom stereocenters. The van der Waals surface area contributed by atoms with Gasteiger partial charge in [0.25, 0.3) is 0 Å². The molecule has 0 saturated carbocycles. The predicted molar refractivity (Wildman–Crippen MR) is 55.4 cm³/mol. The fourth-order valence-electron chi connectivity index (χ4n) is 1.11. The first-order valence-corrected chi connectivity index (χ1v) is 4.74. The minimum atomic E-state index is 0. The van der Waals surface area contributed by atoms with Crippen LogP contribution in [0.25, 0.3) is 0 Å². The molecule has 66 valence electrons. The van der Waals surface area contributed by atoms with Crippen molar-refractivity contribution in [2.45, 2.75) is 37.5 Å². The summed E-state index contributed by atoms with van der Waals surface area (Å²) in [4.78, 5) is 0.922. The average Bonchev–Trinajstić information content (AvgIpc) is 2.05. The molecule has 0 amide bonds. The van der Waals surface area contributed by atoms with Crippen LogP contribution in [0.15, 0.2) is 29.2 Å². The predicted octanol–water partition coefficient (Wildman–Crippen LogP) is 0.284. The minimum Gasteiger partial charge on any atom is -0.780 e. The van der Waals surface area contributed by atoms with Gasteiger partial charge in [0.15, 0.2) is 0 Å². The maximum atomic E-state index is 5.03. The first-order chi connectivity index (χ1) is 5.56. The molecule has 0 aliphatic heterocycles. The van der Waals surface area contributed by atoms with E-state index in [0.717, 1.165) is 11.3 Å². The number of hydrogen-bond acceptors (Lipinski definition) is 1. The third-order valence-electron chi connectivity index (χ3n) is 2.52. The summed E-state index contributed by atoms with van der Waals surface area (Å²) < 4.78 is 0. The first-order valence-electron chi connectivity index (χ1n) is 4.34. The Hall–Kier alpha value is 0.440. The molecule has 1 rings (SSSR count). The summed E-state index contributed by atoms with van der Waals surface area (Å²) in [5, 5.41) is 0. The van der Waals surface area contributed by atoms with Gasteiger partial charge in [0, 0.05) is 0 Å². The Morgan fingerprint density at radius 3 is 2.00 bits per heavy atom. The largest absolute Gasteiger partial charge is 1.00 e. The van der Waals surface area contributed by atoms with Crippen molar-refractivity contribution in [3.63, 3.8) is 0 Å². The van der Waals surface area contributed by atoms with Crippen LogP contribution in [0.1, 0.15) is 32.8 Å². The zero-order chi connectivity index (χ0) is 9.19. The van der Waals surface area contributed by atoms with E-state index in [4.69, 9.17) is 12.6 Å². The molecule has 0 bridgehead atoms. The Bertz CT molecular complexity index is 251. The second kappa shape index (κ2) is 5.35. The van der Waals surface area contributed by atoms with Crippen LogP contribution in [0.2, 0.25) is 0 Å². The van der Waals surface area contributed by atoms with Crippen molar-refractivity contribution in [2.24, 2.45) is 0 Å². The molecule has 0 heterocycles. The Balaban J connectivity index is 0.00000144. The molecule has 0 unspecified atom stereocenters. The van der Waals surface area contributed by atoms with E-state index in [0.29, 0.717) is 0 Å². The first kappa shape index (κ1) is 13.4. The Morgan fingerprint density at radius 2 is 1.62 bits per heavy atom. The molecule has 2 heteroatoms. The van der Waals surface area contributed by atoms with Crippen LogP contribution >= 0.6 is 0 Å². The summed E-state index contributed by atoms with van der Waals surface area (Å²) in [6.07, 6.45) is 1.16. The second-order valence-corrected chi connectivity index (χ2v) is 4.23. The van der Waals surface area contributed by atoms with Gasteiger partial charge in [-0.05, 0) is 17.4 Å². The minimum absolute atomic E-state index is 0. The Morgan fingerprint density at radius 1 is 1.15 bits per heavy atom. The molecular weight excluding hydrogens is 187 g/mol. The van der Waals surface area contributed by atoms with Crippen molar-refractivity contribution < 1.29 is 29.6 Å². The van der Waals surface area contributed by atoms with Crippen molar-refractivity contribution in [3.05, 3.63) is 29.8 Å². The van der Waals surface area contributed by atoms with E-state index < -0.39 is 0 Å². The van der Waals surface area contributed by atoms with Crippen LogP contribution < -0.4 is 29.6 Å². The fraction of sp³-hybridized carbons (Fsp3) is 0.455. The van der Waals surface area contributed by atoms with Crippen LogP contribution in [0.4, 0.5) is 0 Å². The summed E-state index contributed by atoms with van der Waals surface area (Å²) >= 11 is 5.03. The van der Waals surface area contributed by atoms with Crippen molar-refractivity contribution >= 4 is 12.6 Å². The maximum absolute atomic E-state index is 5.03. The second-order valence-electron chi connectivity index (χ2n) is 3.76. The van der Waals surface area contributed by atoms with Gasteiger partial charge in [-0.3, -0.25) is 0 Å². The normalized spacial score (nSPS) is 10.7. The summed E-state index contributed by atoms with van der Waals surface area (Å²) in [6.45, 7) is 6.72. The Labute approximate surface area is 109 Å². The number of benzene rings is 1. The van der Waals surface area contributed by atoms with E-state index in [2.05, 4.69) is 32.9 Å². The van der Waals surface area contributed by atoms with Gasteiger partial charge in [-0.2, -0.15) is 4.90 Å². The van der Waals surface area contributed by atoms with E-state index in [1.54, 1.807) is 0 Å². The standard InChI is InChI=1S/C11H16S.Na/c1-4-11(2,3)9-5-7-10(12)8-6-9;/h5-8,12H,4H2,1-3H3;/q;+1/p-1. The van der Waals surface area contributed by atoms with Crippen LogP contribution in [0.3, 0.4) is 0 Å². The summed E-state index contributed by atoms with van der Waals surface area (Å²) in [6, 6.07) is 8.27. The molecule has 0 aromatic heterocycles. The van der Waals surface area contributed by atoms with Gasteiger partial charge in [-0.15, -0.1) is 0 Å². The van der Waals surface area contributed by atoms with Gasteiger partial charge < -0.3 is 12.6 Å². The molecular formula is C11H15NaS. The molecule has 1 aromatic carbocycles. The summed E-state index contributed by atoms with van der Waals surface area (Å²) in [7, 11) is 0. The number of hydrogen-bond donors (Lipinski definition) is 0. The van der Waals surface area contributed by atoms with Crippen LogP contribution in [-0.4, -0.2) is 0 Å². The van der Waals surface area contributed by atoms with Gasteiger partial charge in [0.2, 0.25) is 0 Å². The van der Waals surface area contributed by atoms with Crippen LogP contribution in [0.5, 0.6) is 0 Å². The zero-order valence-corrected chi connectivity index (χ0v) is 11.7. The molecule has 0 nitrogen and oxygen atoms in total. The van der Waals surface area contributed by atoms with Gasteiger partial charge in [0.1, 0.15) is 0 Å². The summed E-state index contributed by atoms with van der Waals surface area (Å²) in [5.41, 5.74) is 1.65. The van der Waals surface area contributed by atoms with Gasteiger partial charge in [0.05, 0.1) is 0 Å². The monoisotopic (exact) mass is 202 g/mol. The molecule has 13 heavy (non-hydrogen) atoms. The smallest absolute Gasteiger partial charge is 0.780 e. The molecule has 0 saturated heterocycles. The van der Waals surface area contributed by atoms with Gasteiger partial charge in [-0.25, -0.2) is 0 Å². The SMILES string of the molecule is CCC(C)(C)c1ccc([S-])cc1.[Na+]. The van der Waals surface area contributed by atoms with E-state index in [1.165, 1.54) is 5.56 Å². The van der Waals surface area contributed by atoms with Gasteiger partial charge >= 0.3 is 29.6 Å². The van der Waals surface area contributed by atoms with E-state index in [9.17, 15) is 0 Å².